The molecule has 2 atom stereocenters. The second kappa shape index (κ2) is 12.1. The molecule has 0 saturated carbocycles. The lowest BCUT2D eigenvalue weighted by Gasteiger charge is -2.41. The van der Waals surface area contributed by atoms with E-state index < -0.39 is 35.3 Å². The van der Waals surface area contributed by atoms with Crippen molar-refractivity contribution >= 4 is 41.2 Å². The minimum absolute atomic E-state index is 0.0515. The maximum absolute atomic E-state index is 14.2. The minimum Gasteiger partial charge on any atom is -0.466 e. The highest BCUT2D eigenvalue weighted by Gasteiger charge is 2.63. The van der Waals surface area contributed by atoms with Crippen molar-refractivity contribution in [2.75, 3.05) is 33.3 Å². The molecule has 7 rings (SSSR count). The smallest absolute Gasteiger partial charge is 0.355 e. The van der Waals surface area contributed by atoms with Crippen LogP contribution in [-0.2, 0) is 34.0 Å². The fourth-order valence-corrected chi connectivity index (χ4v) is 7.51. The zero-order valence-corrected chi connectivity index (χ0v) is 27.2. The molecule has 2 unspecified atom stereocenters. The molecule has 2 heterocycles. The van der Waals surface area contributed by atoms with Crippen LogP contribution < -0.4 is 4.90 Å². The second-order valence-corrected chi connectivity index (χ2v) is 11.7. The number of allylic oxidation sites excluding steroid dienone is 2. The Morgan fingerprint density at radius 2 is 1.27 bits per heavy atom. The van der Waals surface area contributed by atoms with Gasteiger partial charge in [-0.2, -0.15) is 0 Å². The average molecular weight is 654 g/mol. The number of benzene rings is 4. The molecule has 1 aliphatic carbocycles. The number of methoxy groups -OCH3 is 4. The van der Waals surface area contributed by atoms with Crippen molar-refractivity contribution in [1.82, 2.24) is 0 Å². The molecule has 9 nitrogen and oxygen atoms in total. The van der Waals surface area contributed by atoms with Crippen molar-refractivity contribution < 1.29 is 38.1 Å². The van der Waals surface area contributed by atoms with Crippen LogP contribution in [0.1, 0.15) is 43.0 Å². The van der Waals surface area contributed by atoms with Gasteiger partial charge in [-0.25, -0.2) is 19.2 Å². The van der Waals surface area contributed by atoms with Crippen LogP contribution in [0.5, 0.6) is 0 Å². The molecule has 4 aromatic carbocycles. The number of fused-ring (bicyclic) bond motifs is 9. The molecule has 0 N–H and O–H groups in total. The van der Waals surface area contributed by atoms with Gasteiger partial charge < -0.3 is 23.8 Å². The summed E-state index contributed by atoms with van der Waals surface area (Å²) in [4.78, 5) is 55.1. The van der Waals surface area contributed by atoms with Crippen LogP contribution in [0.2, 0.25) is 0 Å². The number of ether oxygens (including phenoxy) is 4. The van der Waals surface area contributed by atoms with Gasteiger partial charge in [-0.15, -0.1) is 0 Å². The summed E-state index contributed by atoms with van der Waals surface area (Å²) in [5.41, 5.74) is 5.55. The fraction of sp³-hybridized carbons (Fsp3) is 0.150. The van der Waals surface area contributed by atoms with Gasteiger partial charge in [-0.05, 0) is 52.1 Å². The predicted molar refractivity (Wildman–Crippen MR) is 183 cm³/mol. The van der Waals surface area contributed by atoms with Crippen LogP contribution >= 0.6 is 0 Å². The van der Waals surface area contributed by atoms with Gasteiger partial charge in [-0.3, -0.25) is 0 Å². The highest BCUT2D eigenvalue weighted by molar-refractivity contribution is 6.13. The summed E-state index contributed by atoms with van der Waals surface area (Å²) >= 11 is 0. The first kappa shape index (κ1) is 31.4. The second-order valence-electron chi connectivity index (χ2n) is 11.7. The van der Waals surface area contributed by atoms with Crippen LogP contribution in [0.4, 0.5) is 5.69 Å². The Morgan fingerprint density at radius 1 is 0.633 bits per heavy atom. The molecule has 0 saturated heterocycles. The molecule has 0 bridgehead atoms. The van der Waals surface area contributed by atoms with Gasteiger partial charge >= 0.3 is 23.9 Å². The molecule has 0 radical (unpaired) electrons. The van der Waals surface area contributed by atoms with E-state index >= 15 is 0 Å². The number of nitrogens with zero attached hydrogens (tertiary/aromatic N) is 1. The topological polar surface area (TPSA) is 108 Å². The molecule has 1 spiro atoms. The molecule has 0 fully saturated rings. The van der Waals surface area contributed by atoms with Gasteiger partial charge in [0.05, 0.1) is 56.6 Å². The number of para-hydroxylation sites is 1. The summed E-state index contributed by atoms with van der Waals surface area (Å²) in [6.07, 6.45) is 5.94. The number of rotatable bonds is 6. The number of esters is 4. The fourth-order valence-electron chi connectivity index (χ4n) is 7.51. The summed E-state index contributed by atoms with van der Waals surface area (Å²) in [6.45, 7) is 0. The van der Waals surface area contributed by atoms with Gasteiger partial charge in [0.2, 0.25) is 0 Å². The quantitative estimate of drug-likeness (QED) is 0.180. The number of carbonyl (C=O) groups excluding carboxylic acids is 4. The van der Waals surface area contributed by atoms with E-state index in [2.05, 4.69) is 0 Å². The standard InChI is InChI=1S/C40H31NO8/c1-46-36(42)24-19-16-23(17-20-24)18-21-25-22-32-40(29-13-7-5-11-27(29)33-28(37(43)47-2)12-9-14-30(33)40)34(38(44)48-3)35(39(45)49-4)41(32)31-15-8-6-10-26(25)31/h5-22,32H,1-4H3/b21-18+. The summed E-state index contributed by atoms with van der Waals surface area (Å²) in [5.74, 6) is -2.35. The molecular weight excluding hydrogens is 622 g/mol. The largest absolute Gasteiger partial charge is 0.466 e. The first-order valence-corrected chi connectivity index (χ1v) is 15.5. The van der Waals surface area contributed by atoms with E-state index in [-0.39, 0.29) is 11.3 Å². The van der Waals surface area contributed by atoms with E-state index in [9.17, 15) is 19.2 Å². The number of anilines is 1. The summed E-state index contributed by atoms with van der Waals surface area (Å²) in [6, 6.07) is 26.9. The van der Waals surface area contributed by atoms with Gasteiger partial charge in [0.1, 0.15) is 5.70 Å². The third-order valence-electron chi connectivity index (χ3n) is 9.48. The number of hydrogen-bond donors (Lipinski definition) is 0. The lowest BCUT2D eigenvalue weighted by atomic mass is 9.67. The first-order valence-electron chi connectivity index (χ1n) is 15.5. The van der Waals surface area contributed by atoms with Crippen LogP contribution in [0.15, 0.2) is 114 Å². The minimum atomic E-state index is -1.30. The van der Waals surface area contributed by atoms with Crippen molar-refractivity contribution in [2.45, 2.75) is 11.5 Å². The Balaban J connectivity index is 1.54. The van der Waals surface area contributed by atoms with Gasteiger partial charge in [-0.1, -0.05) is 85.0 Å². The number of hydrogen-bond acceptors (Lipinski definition) is 9. The molecule has 49 heavy (non-hydrogen) atoms. The van der Waals surface area contributed by atoms with Crippen molar-refractivity contribution in [2.24, 2.45) is 0 Å². The molecule has 9 heteroatoms. The SMILES string of the molecule is COC(=O)C1=C(C(=O)OC)C2(c3ccccc3-c3c(C(=O)OC)cccc32)C2C=C(/C=C/c3ccc(C(=O)OC)cc3)c3ccccc3N12. The van der Waals surface area contributed by atoms with Crippen LogP contribution in [-0.4, -0.2) is 58.4 Å². The molecule has 2 aliphatic heterocycles. The first-order chi connectivity index (χ1) is 23.8. The molecule has 0 aromatic heterocycles. The van der Waals surface area contributed by atoms with E-state index in [4.69, 9.17) is 18.9 Å². The lowest BCUT2D eigenvalue weighted by molar-refractivity contribution is -0.139. The Kier molecular flexibility index (Phi) is 7.75. The van der Waals surface area contributed by atoms with E-state index in [1.807, 2.05) is 89.9 Å². The van der Waals surface area contributed by atoms with Crippen molar-refractivity contribution in [3.8, 4) is 11.1 Å². The molecule has 3 aliphatic rings. The maximum atomic E-state index is 14.2. The summed E-state index contributed by atoms with van der Waals surface area (Å²) < 4.78 is 20.8. The third kappa shape index (κ3) is 4.53. The normalized spacial score (nSPS) is 18.3. The summed E-state index contributed by atoms with van der Waals surface area (Å²) in [7, 11) is 5.23. The Morgan fingerprint density at radius 3 is 1.96 bits per heavy atom. The van der Waals surface area contributed by atoms with Crippen molar-refractivity contribution in [1.29, 1.82) is 0 Å². The van der Waals surface area contributed by atoms with Crippen LogP contribution in [0.25, 0.3) is 22.8 Å². The Labute approximate surface area is 282 Å². The van der Waals surface area contributed by atoms with E-state index in [1.165, 1.54) is 28.4 Å². The molecule has 244 valence electrons. The van der Waals surface area contributed by atoms with E-state index in [0.29, 0.717) is 27.9 Å². The zero-order chi connectivity index (χ0) is 34.4. The number of carbonyl (C=O) groups is 4. The van der Waals surface area contributed by atoms with Crippen molar-refractivity contribution in [3.63, 3.8) is 0 Å². The Hall–Kier alpha value is -6.22. The Bertz CT molecular complexity index is 2160. The lowest BCUT2D eigenvalue weighted by Crippen LogP contribution is -2.46. The molecular formula is C40H31NO8. The van der Waals surface area contributed by atoms with Gasteiger partial charge in [0.25, 0.3) is 0 Å². The van der Waals surface area contributed by atoms with Crippen LogP contribution in [0, 0.1) is 0 Å². The van der Waals surface area contributed by atoms with Gasteiger partial charge in [0, 0.05) is 16.8 Å². The average Bonchev–Trinajstić information content (AvgIpc) is 3.63. The third-order valence-corrected chi connectivity index (χ3v) is 9.48. The zero-order valence-electron chi connectivity index (χ0n) is 27.2. The van der Waals surface area contributed by atoms with Crippen molar-refractivity contribution in [3.05, 3.63) is 148 Å². The summed E-state index contributed by atoms with van der Waals surface area (Å²) in [5, 5.41) is 0. The highest BCUT2D eigenvalue weighted by atomic mass is 16.5. The molecule has 0 amide bonds. The monoisotopic (exact) mass is 653 g/mol. The van der Waals surface area contributed by atoms with E-state index in [1.54, 1.807) is 24.3 Å². The predicted octanol–water partition coefficient (Wildman–Crippen LogP) is 6.13. The molecule has 4 aromatic rings. The van der Waals surface area contributed by atoms with Crippen LogP contribution in [0.3, 0.4) is 0 Å². The van der Waals surface area contributed by atoms with E-state index in [0.717, 1.165) is 27.8 Å². The van der Waals surface area contributed by atoms with Gasteiger partial charge in [0.15, 0.2) is 0 Å². The maximum Gasteiger partial charge on any atom is 0.355 e. The highest BCUT2D eigenvalue weighted by Crippen LogP contribution is 2.63.